The molecule has 102 valence electrons. The molecule has 0 aliphatic rings. The smallest absolute Gasteiger partial charge is 0.00723 e. The lowest BCUT2D eigenvalue weighted by atomic mass is 9.73. The molecular formula is C17H29N. The van der Waals surface area contributed by atoms with Crippen LogP contribution >= 0.6 is 0 Å². The van der Waals surface area contributed by atoms with Crippen molar-refractivity contribution in [1.82, 2.24) is 5.32 Å². The van der Waals surface area contributed by atoms with Crippen molar-refractivity contribution < 1.29 is 0 Å². The number of likely N-dealkylation sites (N-methyl/N-ethyl adjacent to an activating group) is 1. The van der Waals surface area contributed by atoms with Crippen molar-refractivity contribution in [2.75, 3.05) is 13.6 Å². The minimum Gasteiger partial charge on any atom is -0.319 e. The van der Waals surface area contributed by atoms with E-state index in [-0.39, 0.29) is 5.41 Å². The zero-order valence-electron chi connectivity index (χ0n) is 12.9. The Morgan fingerprint density at radius 2 is 1.67 bits per heavy atom. The van der Waals surface area contributed by atoms with Crippen molar-refractivity contribution in [2.45, 2.75) is 52.4 Å². The van der Waals surface area contributed by atoms with Crippen molar-refractivity contribution in [3.63, 3.8) is 0 Å². The summed E-state index contributed by atoms with van der Waals surface area (Å²) in [5.74, 6) is 1.29. The van der Waals surface area contributed by atoms with Gasteiger partial charge in [0.25, 0.3) is 0 Å². The Hall–Kier alpha value is -0.820. The first-order valence-electron chi connectivity index (χ1n) is 7.20. The molecule has 1 heteroatoms. The van der Waals surface area contributed by atoms with Gasteiger partial charge in [-0.3, -0.25) is 0 Å². The molecule has 0 fully saturated rings. The first-order valence-corrected chi connectivity index (χ1v) is 7.20. The summed E-state index contributed by atoms with van der Waals surface area (Å²) in [5, 5.41) is 3.34. The van der Waals surface area contributed by atoms with Crippen LogP contribution < -0.4 is 5.32 Å². The van der Waals surface area contributed by atoms with Crippen LogP contribution in [-0.2, 0) is 5.41 Å². The molecule has 0 saturated heterocycles. The molecule has 0 radical (unpaired) electrons. The minimum absolute atomic E-state index is 0.211. The van der Waals surface area contributed by atoms with Crippen LogP contribution in [0, 0.1) is 5.92 Å². The fourth-order valence-corrected chi connectivity index (χ4v) is 2.43. The maximum Gasteiger partial charge on any atom is 0.00723 e. The molecule has 0 saturated carbocycles. The van der Waals surface area contributed by atoms with Gasteiger partial charge in [-0.1, -0.05) is 58.9 Å². The highest BCUT2D eigenvalue weighted by molar-refractivity contribution is 5.31. The fourth-order valence-electron chi connectivity index (χ4n) is 2.43. The molecule has 0 aliphatic carbocycles. The topological polar surface area (TPSA) is 12.0 Å². The van der Waals surface area contributed by atoms with Gasteiger partial charge in [0.1, 0.15) is 0 Å². The molecule has 2 unspecified atom stereocenters. The second-order valence-corrected chi connectivity index (χ2v) is 6.03. The highest BCUT2D eigenvalue weighted by Crippen LogP contribution is 2.32. The van der Waals surface area contributed by atoms with Crippen LogP contribution in [0.4, 0.5) is 0 Å². The summed E-state index contributed by atoms with van der Waals surface area (Å²) in [7, 11) is 2.04. The van der Waals surface area contributed by atoms with Crippen molar-refractivity contribution >= 4 is 0 Å². The lowest BCUT2D eigenvalue weighted by Crippen LogP contribution is -2.38. The van der Waals surface area contributed by atoms with Gasteiger partial charge in [0.2, 0.25) is 0 Å². The molecule has 18 heavy (non-hydrogen) atoms. The van der Waals surface area contributed by atoms with E-state index in [9.17, 15) is 0 Å². The Labute approximate surface area is 113 Å². The predicted molar refractivity (Wildman–Crippen MR) is 81.3 cm³/mol. The average molecular weight is 247 g/mol. The molecule has 0 bridgehead atoms. The van der Waals surface area contributed by atoms with E-state index in [0.717, 1.165) is 6.54 Å². The van der Waals surface area contributed by atoms with Crippen LogP contribution in [0.15, 0.2) is 24.3 Å². The lowest BCUT2D eigenvalue weighted by molar-refractivity contribution is 0.327. The van der Waals surface area contributed by atoms with Gasteiger partial charge in [-0.05, 0) is 36.4 Å². The van der Waals surface area contributed by atoms with E-state index in [1.165, 1.54) is 17.5 Å². The van der Waals surface area contributed by atoms with Crippen LogP contribution in [-0.4, -0.2) is 13.6 Å². The normalized spacial score (nSPS) is 16.6. The summed E-state index contributed by atoms with van der Waals surface area (Å²) < 4.78 is 0. The SMILES string of the molecule is CCC(C)c1ccc(C(C)(CNC)C(C)C)cc1. The quantitative estimate of drug-likeness (QED) is 0.789. The van der Waals surface area contributed by atoms with E-state index < -0.39 is 0 Å². The van der Waals surface area contributed by atoms with Gasteiger partial charge in [0.05, 0.1) is 0 Å². The Kier molecular flexibility index (Phi) is 5.40. The first kappa shape index (κ1) is 15.2. The molecular weight excluding hydrogens is 218 g/mol. The van der Waals surface area contributed by atoms with E-state index in [4.69, 9.17) is 0 Å². The predicted octanol–water partition coefficient (Wildman–Crippen LogP) is 4.33. The van der Waals surface area contributed by atoms with Crippen LogP contribution in [0.5, 0.6) is 0 Å². The van der Waals surface area contributed by atoms with Crippen LogP contribution in [0.1, 0.15) is 58.1 Å². The highest BCUT2D eigenvalue weighted by atomic mass is 14.8. The Morgan fingerprint density at radius 3 is 2.06 bits per heavy atom. The lowest BCUT2D eigenvalue weighted by Gasteiger charge is -2.34. The molecule has 1 N–H and O–H groups in total. The minimum atomic E-state index is 0.211. The molecule has 0 aromatic heterocycles. The third-order valence-electron chi connectivity index (χ3n) is 4.57. The summed E-state index contributed by atoms with van der Waals surface area (Å²) in [5.41, 5.74) is 3.11. The summed E-state index contributed by atoms with van der Waals surface area (Å²) >= 11 is 0. The third-order valence-corrected chi connectivity index (χ3v) is 4.57. The molecule has 0 heterocycles. The second-order valence-electron chi connectivity index (χ2n) is 6.03. The molecule has 0 aliphatic heterocycles. The molecule has 0 spiro atoms. The van der Waals surface area contributed by atoms with Crippen molar-refractivity contribution in [1.29, 1.82) is 0 Å². The van der Waals surface area contributed by atoms with Crippen molar-refractivity contribution in [3.05, 3.63) is 35.4 Å². The first-order chi connectivity index (χ1) is 8.45. The van der Waals surface area contributed by atoms with Crippen molar-refractivity contribution in [2.24, 2.45) is 5.92 Å². The summed E-state index contributed by atoms with van der Waals surface area (Å²) in [4.78, 5) is 0. The number of hydrogen-bond donors (Lipinski definition) is 1. The van der Waals surface area contributed by atoms with E-state index in [1.54, 1.807) is 0 Å². The highest BCUT2D eigenvalue weighted by Gasteiger charge is 2.29. The van der Waals surface area contributed by atoms with Crippen LogP contribution in [0.3, 0.4) is 0 Å². The van der Waals surface area contributed by atoms with E-state index in [0.29, 0.717) is 11.8 Å². The van der Waals surface area contributed by atoms with E-state index >= 15 is 0 Å². The van der Waals surface area contributed by atoms with Gasteiger partial charge in [0, 0.05) is 12.0 Å². The molecule has 1 aromatic rings. The zero-order valence-corrected chi connectivity index (χ0v) is 12.9. The van der Waals surface area contributed by atoms with Crippen molar-refractivity contribution in [3.8, 4) is 0 Å². The number of benzene rings is 1. The van der Waals surface area contributed by atoms with Gasteiger partial charge in [-0.2, -0.15) is 0 Å². The molecule has 0 amide bonds. The maximum absolute atomic E-state index is 3.34. The van der Waals surface area contributed by atoms with Gasteiger partial charge in [0.15, 0.2) is 0 Å². The van der Waals surface area contributed by atoms with Crippen LogP contribution in [0.2, 0.25) is 0 Å². The van der Waals surface area contributed by atoms with Gasteiger partial charge in [-0.25, -0.2) is 0 Å². The summed E-state index contributed by atoms with van der Waals surface area (Å²) in [6.45, 7) is 12.5. The largest absolute Gasteiger partial charge is 0.319 e. The number of rotatable bonds is 6. The third kappa shape index (κ3) is 3.14. The van der Waals surface area contributed by atoms with Crippen LogP contribution in [0.25, 0.3) is 0 Å². The monoisotopic (exact) mass is 247 g/mol. The standard InChI is InChI=1S/C17H29N/c1-7-14(4)15-8-10-16(11-9-15)17(5,12-18-6)13(2)3/h8-11,13-14,18H,7,12H2,1-6H3. The number of nitrogens with one attached hydrogen (secondary N) is 1. The Bertz CT molecular complexity index is 352. The Balaban J connectivity index is 3.01. The average Bonchev–Trinajstić information content (AvgIpc) is 2.38. The molecule has 1 aromatic carbocycles. The summed E-state index contributed by atoms with van der Waals surface area (Å²) in [6.07, 6.45) is 1.21. The molecule has 2 atom stereocenters. The van der Waals surface area contributed by atoms with Gasteiger partial charge >= 0.3 is 0 Å². The maximum atomic E-state index is 3.34. The van der Waals surface area contributed by atoms with E-state index in [2.05, 4.69) is 64.2 Å². The molecule has 1 rings (SSSR count). The second kappa shape index (κ2) is 6.38. The Morgan fingerprint density at radius 1 is 1.11 bits per heavy atom. The van der Waals surface area contributed by atoms with Gasteiger partial charge < -0.3 is 5.32 Å². The molecule has 1 nitrogen and oxygen atoms in total. The summed E-state index contributed by atoms with van der Waals surface area (Å²) in [6, 6.07) is 9.25. The van der Waals surface area contributed by atoms with E-state index in [1.807, 2.05) is 7.05 Å². The fraction of sp³-hybridized carbons (Fsp3) is 0.647. The van der Waals surface area contributed by atoms with Gasteiger partial charge in [-0.15, -0.1) is 0 Å². The zero-order chi connectivity index (χ0) is 13.8. The number of hydrogen-bond acceptors (Lipinski definition) is 1.